The van der Waals surface area contributed by atoms with E-state index in [1.54, 1.807) is 13.2 Å². The highest BCUT2D eigenvalue weighted by molar-refractivity contribution is 5.97. The summed E-state index contributed by atoms with van der Waals surface area (Å²) in [5.41, 5.74) is 9.63. The molecule has 0 aliphatic carbocycles. The molecule has 1 saturated heterocycles. The molecular weight excluding hydrogens is 400 g/mol. The topological polar surface area (TPSA) is 71.7 Å². The Morgan fingerprint density at radius 2 is 1.72 bits per heavy atom. The summed E-state index contributed by atoms with van der Waals surface area (Å²) in [6.07, 6.45) is 0.913. The first-order chi connectivity index (χ1) is 15.6. The fourth-order valence-electron chi connectivity index (χ4n) is 4.09. The lowest BCUT2D eigenvalue weighted by Gasteiger charge is -2.34. The predicted octanol–water partition coefficient (Wildman–Crippen LogP) is 3.38. The lowest BCUT2D eigenvalue weighted by Crippen LogP contribution is -2.48. The van der Waals surface area contributed by atoms with Crippen molar-refractivity contribution in [3.05, 3.63) is 77.9 Å². The van der Waals surface area contributed by atoms with Gasteiger partial charge in [0.1, 0.15) is 11.6 Å². The summed E-state index contributed by atoms with van der Waals surface area (Å²) in [6, 6.07) is 21.4. The van der Waals surface area contributed by atoms with Gasteiger partial charge in [-0.05, 0) is 30.2 Å². The number of ketones is 1. The lowest BCUT2D eigenvalue weighted by atomic mass is 10.0. The number of aromatic nitrogens is 1. The normalized spacial score (nSPS) is 14.9. The Balaban J connectivity index is 1.29. The van der Waals surface area contributed by atoms with Crippen molar-refractivity contribution in [2.75, 3.05) is 52.1 Å². The van der Waals surface area contributed by atoms with E-state index in [1.807, 2.05) is 48.5 Å². The third-order valence-electron chi connectivity index (χ3n) is 5.98. The molecule has 0 spiro atoms. The summed E-state index contributed by atoms with van der Waals surface area (Å²) in [6.45, 7) is 5.22. The van der Waals surface area contributed by atoms with Crippen LogP contribution in [0.3, 0.4) is 0 Å². The Morgan fingerprint density at radius 1 is 0.969 bits per heavy atom. The molecule has 1 fully saturated rings. The number of carbonyl (C=O) groups excluding carboxylic acids is 1. The van der Waals surface area contributed by atoms with E-state index in [9.17, 15) is 4.79 Å². The van der Waals surface area contributed by atoms with E-state index in [0.717, 1.165) is 61.7 Å². The first kappa shape index (κ1) is 22.0. The molecule has 2 aromatic carbocycles. The molecule has 0 radical (unpaired) electrons. The van der Waals surface area contributed by atoms with Crippen molar-refractivity contribution < 1.29 is 9.53 Å². The smallest absolute Gasteiger partial charge is 0.176 e. The predicted molar refractivity (Wildman–Crippen MR) is 128 cm³/mol. The molecule has 2 N–H and O–H groups in total. The Morgan fingerprint density at radius 3 is 2.44 bits per heavy atom. The maximum atomic E-state index is 12.4. The Hall–Kier alpha value is -3.22. The van der Waals surface area contributed by atoms with Gasteiger partial charge in [-0.2, -0.15) is 0 Å². The molecule has 0 bridgehead atoms. The van der Waals surface area contributed by atoms with Gasteiger partial charge in [0, 0.05) is 43.9 Å². The number of nitrogens with zero attached hydrogens (tertiary/aromatic N) is 3. The van der Waals surface area contributed by atoms with Crippen LogP contribution in [0.1, 0.15) is 15.9 Å². The zero-order valence-electron chi connectivity index (χ0n) is 18.5. The minimum atomic E-state index is 0.193. The van der Waals surface area contributed by atoms with Crippen molar-refractivity contribution in [1.29, 1.82) is 0 Å². The van der Waals surface area contributed by atoms with Crippen LogP contribution in [0.25, 0.3) is 11.3 Å². The highest BCUT2D eigenvalue weighted by Crippen LogP contribution is 2.27. The van der Waals surface area contributed by atoms with Gasteiger partial charge >= 0.3 is 0 Å². The van der Waals surface area contributed by atoms with Crippen LogP contribution in [-0.2, 0) is 6.42 Å². The summed E-state index contributed by atoms with van der Waals surface area (Å²) < 4.78 is 5.66. The Labute approximate surface area is 189 Å². The van der Waals surface area contributed by atoms with E-state index in [4.69, 9.17) is 10.5 Å². The summed E-state index contributed by atoms with van der Waals surface area (Å²) in [7, 11) is 1.71. The quantitative estimate of drug-likeness (QED) is 0.553. The van der Waals surface area contributed by atoms with Gasteiger partial charge in [0.2, 0.25) is 0 Å². The number of anilines is 1. The maximum absolute atomic E-state index is 12.4. The summed E-state index contributed by atoms with van der Waals surface area (Å²) in [4.78, 5) is 21.5. The van der Waals surface area contributed by atoms with Crippen LogP contribution in [0.2, 0.25) is 0 Å². The van der Waals surface area contributed by atoms with Crippen LogP contribution in [0.5, 0.6) is 5.75 Å². The molecule has 6 nitrogen and oxygen atoms in total. The molecule has 3 aromatic rings. The molecule has 0 saturated carbocycles. The van der Waals surface area contributed by atoms with Crippen molar-refractivity contribution in [3.8, 4) is 17.0 Å². The second kappa shape index (κ2) is 10.4. The number of hydrogen-bond donors (Lipinski definition) is 1. The van der Waals surface area contributed by atoms with Crippen molar-refractivity contribution in [3.63, 3.8) is 0 Å². The van der Waals surface area contributed by atoms with Gasteiger partial charge in [-0.3, -0.25) is 9.69 Å². The monoisotopic (exact) mass is 430 g/mol. The average molecular weight is 431 g/mol. The number of methoxy groups -OCH3 is 1. The van der Waals surface area contributed by atoms with Gasteiger partial charge in [0.15, 0.2) is 5.78 Å². The molecule has 1 aliphatic heterocycles. The minimum Gasteiger partial charge on any atom is -0.496 e. The van der Waals surface area contributed by atoms with Crippen molar-refractivity contribution in [2.45, 2.75) is 6.42 Å². The number of Topliss-reactive ketones (excluding diaryl/α,β-unsaturated/α-hetero) is 1. The fraction of sp³-hybridized carbons (Fsp3) is 0.308. The number of benzene rings is 2. The summed E-state index contributed by atoms with van der Waals surface area (Å²) >= 11 is 0. The molecule has 0 unspecified atom stereocenters. The van der Waals surface area contributed by atoms with Crippen LogP contribution < -0.4 is 10.5 Å². The molecule has 0 atom stereocenters. The Kier molecular flexibility index (Phi) is 7.14. The molecule has 2 heterocycles. The molecule has 6 heteroatoms. The third kappa shape index (κ3) is 5.52. The van der Waals surface area contributed by atoms with Gasteiger partial charge in [0.05, 0.1) is 19.3 Å². The van der Waals surface area contributed by atoms with Gasteiger partial charge in [-0.1, -0.05) is 48.5 Å². The summed E-state index contributed by atoms with van der Waals surface area (Å²) in [5, 5.41) is 0. The zero-order valence-corrected chi connectivity index (χ0v) is 18.5. The fourth-order valence-corrected chi connectivity index (χ4v) is 4.09. The van der Waals surface area contributed by atoms with E-state index >= 15 is 0 Å². The summed E-state index contributed by atoms with van der Waals surface area (Å²) in [5.74, 6) is 1.58. The second-order valence-corrected chi connectivity index (χ2v) is 8.13. The molecule has 4 rings (SSSR count). The number of pyridine rings is 1. The maximum Gasteiger partial charge on any atom is 0.176 e. The van der Waals surface area contributed by atoms with Gasteiger partial charge in [-0.15, -0.1) is 0 Å². The van der Waals surface area contributed by atoms with Crippen LogP contribution in [0.4, 0.5) is 5.82 Å². The molecule has 32 heavy (non-hydrogen) atoms. The molecular formula is C26H30N4O2. The number of hydrogen-bond acceptors (Lipinski definition) is 6. The van der Waals surface area contributed by atoms with Crippen LogP contribution in [-0.4, -0.2) is 66.9 Å². The largest absolute Gasteiger partial charge is 0.496 e. The minimum absolute atomic E-state index is 0.193. The van der Waals surface area contributed by atoms with Crippen LogP contribution >= 0.6 is 0 Å². The first-order valence-corrected chi connectivity index (χ1v) is 11.0. The van der Waals surface area contributed by atoms with Crippen molar-refractivity contribution in [1.82, 2.24) is 14.8 Å². The second-order valence-electron chi connectivity index (χ2n) is 8.13. The molecule has 1 aromatic heterocycles. The van der Waals surface area contributed by atoms with Crippen molar-refractivity contribution in [2.24, 2.45) is 0 Å². The van der Waals surface area contributed by atoms with Gasteiger partial charge in [-0.25, -0.2) is 4.98 Å². The lowest BCUT2D eigenvalue weighted by molar-refractivity contribution is 0.0854. The van der Waals surface area contributed by atoms with Crippen LogP contribution in [0, 0.1) is 0 Å². The molecule has 166 valence electrons. The average Bonchev–Trinajstić information content (AvgIpc) is 2.84. The molecule has 0 amide bonds. The molecule has 1 aliphatic rings. The zero-order chi connectivity index (χ0) is 22.3. The number of piperazine rings is 1. The van der Waals surface area contributed by atoms with Crippen LogP contribution in [0.15, 0.2) is 66.7 Å². The van der Waals surface area contributed by atoms with E-state index in [2.05, 4.69) is 26.9 Å². The third-order valence-corrected chi connectivity index (χ3v) is 5.98. The highest BCUT2D eigenvalue weighted by atomic mass is 16.5. The van der Waals surface area contributed by atoms with Gasteiger partial charge in [0.25, 0.3) is 0 Å². The SMILES string of the molecule is COc1cc(-c2cccc(N)n2)ccc1CCN1CCN(CC(=O)c2ccccc2)CC1. The number of ether oxygens (including phenoxy) is 1. The number of nitrogen functional groups attached to an aromatic ring is 1. The van der Waals surface area contributed by atoms with E-state index in [0.29, 0.717) is 12.4 Å². The standard InChI is InChI=1S/C26H30N4O2/c1-32-25-18-22(23-8-5-9-26(27)28-23)11-10-21(25)12-13-29-14-16-30(17-15-29)19-24(31)20-6-3-2-4-7-20/h2-11,18H,12-17,19H2,1H3,(H2,27,28). The van der Waals surface area contributed by atoms with Gasteiger partial charge < -0.3 is 15.4 Å². The first-order valence-electron chi connectivity index (χ1n) is 11.0. The van der Waals surface area contributed by atoms with E-state index in [1.165, 1.54) is 5.56 Å². The number of rotatable bonds is 8. The van der Waals surface area contributed by atoms with E-state index < -0.39 is 0 Å². The van der Waals surface area contributed by atoms with Crippen molar-refractivity contribution >= 4 is 11.6 Å². The highest BCUT2D eigenvalue weighted by Gasteiger charge is 2.20. The number of carbonyl (C=O) groups is 1. The Bertz CT molecular complexity index is 1050. The number of nitrogens with two attached hydrogens (primary N) is 1. The van der Waals surface area contributed by atoms with E-state index in [-0.39, 0.29) is 5.78 Å².